The van der Waals surface area contributed by atoms with E-state index in [-0.39, 0.29) is 37.9 Å². The number of hydrogen-bond acceptors (Lipinski definition) is 4. The molecule has 104 valence electrons. The number of halogens is 3. The van der Waals surface area contributed by atoms with Gasteiger partial charge in [-0.2, -0.15) is 0 Å². The molecular weight excluding hydrogens is 327 g/mol. The smallest absolute Gasteiger partial charge is 0.275 e. The zero-order chi connectivity index (χ0) is 14.9. The first-order valence-corrected chi connectivity index (χ1v) is 6.37. The Morgan fingerprint density at radius 2 is 1.65 bits per heavy atom. The number of non-ortho nitro benzene ring substituents is 1. The van der Waals surface area contributed by atoms with Crippen molar-refractivity contribution in [2.45, 2.75) is 0 Å². The Bertz CT molecular complexity index is 692. The molecule has 0 aliphatic heterocycles. The van der Waals surface area contributed by atoms with E-state index in [1.165, 1.54) is 30.3 Å². The molecule has 5 nitrogen and oxygen atoms in total. The van der Waals surface area contributed by atoms with E-state index in [0.717, 1.165) is 0 Å². The first-order valence-electron chi connectivity index (χ1n) is 5.24. The van der Waals surface area contributed by atoms with Crippen LogP contribution in [0.3, 0.4) is 0 Å². The Kier molecular flexibility index (Phi) is 4.23. The van der Waals surface area contributed by atoms with Crippen LogP contribution >= 0.6 is 34.8 Å². The molecule has 0 heterocycles. The van der Waals surface area contributed by atoms with E-state index in [2.05, 4.69) is 0 Å². The molecule has 0 atom stereocenters. The standard InChI is InChI=1S/C12H7Cl3N2O3/c13-9-4-11(15)12(5-10(9)14)20-8-2-6(16)1-7(3-8)17(18)19/h1-5H,16H2. The van der Waals surface area contributed by atoms with E-state index < -0.39 is 4.92 Å². The highest BCUT2D eigenvalue weighted by Crippen LogP contribution is 2.37. The van der Waals surface area contributed by atoms with Crippen LogP contribution in [0.2, 0.25) is 15.1 Å². The summed E-state index contributed by atoms with van der Waals surface area (Å²) in [5.74, 6) is 0.401. The third kappa shape index (κ3) is 3.25. The largest absolute Gasteiger partial charge is 0.455 e. The van der Waals surface area contributed by atoms with E-state index in [4.69, 9.17) is 45.3 Å². The van der Waals surface area contributed by atoms with Gasteiger partial charge in [-0.3, -0.25) is 10.1 Å². The predicted molar refractivity (Wildman–Crippen MR) is 79.1 cm³/mol. The van der Waals surface area contributed by atoms with Crippen molar-refractivity contribution >= 4 is 46.2 Å². The second-order valence-corrected chi connectivity index (χ2v) is 5.04. The van der Waals surface area contributed by atoms with Crippen LogP contribution in [0.15, 0.2) is 30.3 Å². The van der Waals surface area contributed by atoms with E-state index in [1.54, 1.807) is 0 Å². The minimum atomic E-state index is -0.570. The van der Waals surface area contributed by atoms with Gasteiger partial charge in [0.15, 0.2) is 0 Å². The highest BCUT2D eigenvalue weighted by molar-refractivity contribution is 6.43. The molecule has 0 fully saturated rings. The molecule has 0 saturated heterocycles. The van der Waals surface area contributed by atoms with Crippen molar-refractivity contribution in [3.63, 3.8) is 0 Å². The van der Waals surface area contributed by atoms with E-state index in [0.29, 0.717) is 0 Å². The van der Waals surface area contributed by atoms with E-state index >= 15 is 0 Å². The number of benzene rings is 2. The number of nitrogen functional groups attached to an aromatic ring is 1. The fourth-order valence-corrected chi connectivity index (χ4v) is 2.06. The molecule has 20 heavy (non-hydrogen) atoms. The van der Waals surface area contributed by atoms with Gasteiger partial charge in [-0.15, -0.1) is 0 Å². The monoisotopic (exact) mass is 332 g/mol. The zero-order valence-corrected chi connectivity index (χ0v) is 12.0. The van der Waals surface area contributed by atoms with Gasteiger partial charge in [0.1, 0.15) is 11.5 Å². The number of hydrogen-bond donors (Lipinski definition) is 1. The van der Waals surface area contributed by atoms with E-state index in [1.807, 2.05) is 0 Å². The van der Waals surface area contributed by atoms with Crippen LogP contribution in [-0.4, -0.2) is 4.92 Å². The lowest BCUT2D eigenvalue weighted by Gasteiger charge is -2.09. The number of ether oxygens (including phenoxy) is 1. The number of rotatable bonds is 3. The lowest BCUT2D eigenvalue weighted by Crippen LogP contribution is -1.94. The first kappa shape index (κ1) is 14.7. The molecule has 0 spiro atoms. The molecule has 2 N–H and O–H groups in total. The van der Waals surface area contributed by atoms with Crippen LogP contribution < -0.4 is 10.5 Å². The van der Waals surface area contributed by atoms with Crippen molar-refractivity contribution in [1.82, 2.24) is 0 Å². The summed E-state index contributed by atoms with van der Waals surface area (Å²) in [5, 5.41) is 11.5. The molecule has 0 bridgehead atoms. The first-order chi connectivity index (χ1) is 9.36. The van der Waals surface area contributed by atoms with Gasteiger partial charge < -0.3 is 10.5 Å². The average Bonchev–Trinajstić information content (AvgIpc) is 2.35. The van der Waals surface area contributed by atoms with Gasteiger partial charge in [-0.25, -0.2) is 0 Å². The molecule has 0 aromatic heterocycles. The second kappa shape index (κ2) is 5.75. The van der Waals surface area contributed by atoms with Crippen molar-refractivity contribution in [2.75, 3.05) is 5.73 Å². The molecule has 2 aromatic carbocycles. The van der Waals surface area contributed by atoms with Crippen LogP contribution in [-0.2, 0) is 0 Å². The normalized spacial score (nSPS) is 10.3. The molecular formula is C12H7Cl3N2O3. The zero-order valence-electron chi connectivity index (χ0n) is 9.77. The van der Waals surface area contributed by atoms with Gasteiger partial charge in [-0.05, 0) is 6.07 Å². The Hall–Kier alpha value is -1.69. The maximum atomic E-state index is 10.8. The Morgan fingerprint density at radius 1 is 1.00 bits per heavy atom. The van der Waals surface area contributed by atoms with Crippen molar-refractivity contribution in [3.8, 4) is 11.5 Å². The molecule has 0 radical (unpaired) electrons. The second-order valence-electron chi connectivity index (χ2n) is 3.82. The summed E-state index contributed by atoms with van der Waals surface area (Å²) >= 11 is 17.6. The van der Waals surface area contributed by atoms with Crippen molar-refractivity contribution in [1.29, 1.82) is 0 Å². The molecule has 0 amide bonds. The molecule has 0 aliphatic rings. The van der Waals surface area contributed by atoms with Crippen LogP contribution in [0.4, 0.5) is 11.4 Å². The van der Waals surface area contributed by atoms with Gasteiger partial charge in [-0.1, -0.05) is 34.8 Å². The maximum absolute atomic E-state index is 10.8. The van der Waals surface area contributed by atoms with Crippen molar-refractivity contribution in [2.24, 2.45) is 0 Å². The highest BCUT2D eigenvalue weighted by Gasteiger charge is 2.12. The minimum absolute atomic E-state index is 0.178. The summed E-state index contributed by atoms with van der Waals surface area (Å²) in [6.07, 6.45) is 0. The van der Waals surface area contributed by atoms with Gasteiger partial charge in [0.05, 0.1) is 26.1 Å². The summed E-state index contributed by atoms with van der Waals surface area (Å²) < 4.78 is 5.46. The van der Waals surface area contributed by atoms with Gasteiger partial charge in [0, 0.05) is 23.9 Å². The highest BCUT2D eigenvalue weighted by atomic mass is 35.5. The van der Waals surface area contributed by atoms with Gasteiger partial charge in [0.25, 0.3) is 5.69 Å². The molecule has 0 saturated carbocycles. The molecule has 0 unspecified atom stereocenters. The Balaban J connectivity index is 2.40. The van der Waals surface area contributed by atoms with Gasteiger partial charge in [0.2, 0.25) is 0 Å². The summed E-state index contributed by atoms with van der Waals surface area (Å²) in [5.41, 5.74) is 5.59. The van der Waals surface area contributed by atoms with Crippen molar-refractivity contribution < 1.29 is 9.66 Å². The lowest BCUT2D eigenvalue weighted by atomic mass is 10.2. The number of nitro groups is 1. The lowest BCUT2D eigenvalue weighted by molar-refractivity contribution is -0.384. The summed E-state index contributed by atoms with van der Waals surface area (Å²) in [6, 6.07) is 6.73. The Morgan fingerprint density at radius 3 is 2.30 bits per heavy atom. The molecule has 8 heteroatoms. The van der Waals surface area contributed by atoms with Crippen LogP contribution in [0.1, 0.15) is 0 Å². The summed E-state index contributed by atoms with van der Waals surface area (Å²) in [4.78, 5) is 10.2. The molecule has 2 rings (SSSR count). The fourth-order valence-electron chi connectivity index (χ4n) is 1.48. The molecule has 0 aliphatic carbocycles. The average molecular weight is 334 g/mol. The summed E-state index contributed by atoms with van der Waals surface area (Å²) in [7, 11) is 0. The number of nitrogens with two attached hydrogens (primary N) is 1. The number of nitrogens with zero attached hydrogens (tertiary/aromatic N) is 1. The third-order valence-electron chi connectivity index (χ3n) is 2.33. The van der Waals surface area contributed by atoms with Crippen LogP contribution in [0.5, 0.6) is 11.5 Å². The van der Waals surface area contributed by atoms with E-state index in [9.17, 15) is 10.1 Å². The Labute approximate surface area is 129 Å². The van der Waals surface area contributed by atoms with Crippen molar-refractivity contribution in [3.05, 3.63) is 55.5 Å². The van der Waals surface area contributed by atoms with Crippen LogP contribution in [0, 0.1) is 10.1 Å². The quantitative estimate of drug-likeness (QED) is 0.374. The maximum Gasteiger partial charge on any atom is 0.275 e. The number of anilines is 1. The third-order valence-corrected chi connectivity index (χ3v) is 3.34. The topological polar surface area (TPSA) is 78.4 Å². The fraction of sp³-hybridized carbons (Fsp3) is 0. The predicted octanol–water partition coefficient (Wildman–Crippen LogP) is 4.93. The SMILES string of the molecule is Nc1cc(Oc2cc(Cl)c(Cl)cc2Cl)cc([N+](=O)[O-])c1. The number of nitro benzene ring substituents is 1. The van der Waals surface area contributed by atoms with Gasteiger partial charge >= 0.3 is 0 Å². The van der Waals surface area contributed by atoms with Crippen LogP contribution in [0.25, 0.3) is 0 Å². The minimum Gasteiger partial charge on any atom is -0.455 e. The summed E-state index contributed by atoms with van der Waals surface area (Å²) in [6.45, 7) is 0. The molecule has 2 aromatic rings.